The van der Waals surface area contributed by atoms with Gasteiger partial charge < -0.3 is 14.0 Å². The Hall–Kier alpha value is -6.84. The number of hydrogen-bond acceptors (Lipinski definition) is 2. The molecule has 2 aliphatic rings. The maximum absolute atomic E-state index is 7.05. The molecule has 0 fully saturated rings. The molecular weight excluding hydrogens is 635 g/mol. The second-order valence-electron chi connectivity index (χ2n) is 13.6. The number of ether oxygens (including phenoxy) is 2. The number of aromatic nitrogens is 1. The molecule has 9 aromatic rings. The average molecular weight is 666 g/mol. The molecule has 0 saturated heterocycles. The van der Waals surface area contributed by atoms with Gasteiger partial charge in [0.15, 0.2) is 0 Å². The molecule has 0 saturated carbocycles. The Balaban J connectivity index is 1.19. The molecule has 3 nitrogen and oxygen atoms in total. The Morgan fingerprint density at radius 1 is 0.365 bits per heavy atom. The van der Waals surface area contributed by atoms with Gasteiger partial charge in [0.2, 0.25) is 0 Å². The average Bonchev–Trinajstić information content (AvgIpc) is 3.54. The standard InChI is InChI=1S/C49H31NO2/c1-3-14-32(15-4-1)33-27-29-41-47(31-33)51-45-24-11-8-20-39(45)49(41)40-21-9-12-25-46(40)52-48-36(19-13-22-42(48)49)34-26-28-38-37-18-7-10-23-43(37)50(44(38)30-34)35-16-5-2-6-17-35/h1-31H. The predicted octanol–water partition coefficient (Wildman–Crippen LogP) is 12.7. The fourth-order valence-corrected chi connectivity index (χ4v) is 8.72. The predicted molar refractivity (Wildman–Crippen MR) is 210 cm³/mol. The summed E-state index contributed by atoms with van der Waals surface area (Å²) in [6, 6.07) is 66.9. The van der Waals surface area contributed by atoms with Crippen LogP contribution in [0.15, 0.2) is 188 Å². The van der Waals surface area contributed by atoms with Gasteiger partial charge in [-0.25, -0.2) is 0 Å². The van der Waals surface area contributed by atoms with Gasteiger partial charge in [-0.05, 0) is 59.2 Å². The van der Waals surface area contributed by atoms with E-state index in [1.807, 2.05) is 0 Å². The molecule has 3 heterocycles. The van der Waals surface area contributed by atoms with Crippen molar-refractivity contribution < 1.29 is 9.47 Å². The zero-order valence-corrected chi connectivity index (χ0v) is 28.2. The first kappa shape index (κ1) is 28.9. The lowest BCUT2D eigenvalue weighted by molar-refractivity contribution is 0.400. The van der Waals surface area contributed by atoms with Gasteiger partial charge in [0.05, 0.1) is 16.4 Å². The van der Waals surface area contributed by atoms with E-state index in [4.69, 9.17) is 9.47 Å². The Morgan fingerprint density at radius 3 is 1.79 bits per heavy atom. The maximum atomic E-state index is 7.05. The highest BCUT2D eigenvalue weighted by Gasteiger charge is 2.51. The van der Waals surface area contributed by atoms with Crippen molar-refractivity contribution >= 4 is 21.8 Å². The maximum Gasteiger partial charge on any atom is 0.140 e. The van der Waals surface area contributed by atoms with Gasteiger partial charge in [-0.1, -0.05) is 146 Å². The van der Waals surface area contributed by atoms with Crippen LogP contribution in [0.2, 0.25) is 0 Å². The third-order valence-electron chi connectivity index (χ3n) is 10.9. The van der Waals surface area contributed by atoms with Crippen LogP contribution in [-0.4, -0.2) is 4.57 Å². The summed E-state index contributed by atoms with van der Waals surface area (Å²) >= 11 is 0. The van der Waals surface area contributed by atoms with Gasteiger partial charge in [0.1, 0.15) is 23.0 Å². The summed E-state index contributed by atoms with van der Waals surface area (Å²) in [4.78, 5) is 0. The van der Waals surface area contributed by atoms with Gasteiger partial charge in [-0.2, -0.15) is 0 Å². The van der Waals surface area contributed by atoms with Crippen LogP contribution in [0.3, 0.4) is 0 Å². The molecule has 1 aromatic heterocycles. The first-order valence-corrected chi connectivity index (χ1v) is 17.8. The van der Waals surface area contributed by atoms with Gasteiger partial charge in [0, 0.05) is 44.3 Å². The lowest BCUT2D eigenvalue weighted by atomic mass is 9.62. The highest BCUT2D eigenvalue weighted by atomic mass is 16.5. The van der Waals surface area contributed by atoms with E-state index in [-0.39, 0.29) is 0 Å². The third-order valence-corrected chi connectivity index (χ3v) is 10.9. The SMILES string of the molecule is c1ccc(-c2ccc3c(c2)Oc2ccccc2C32c3ccccc3Oc3c(-c4ccc5c6ccccc6n(-c6ccccc6)c5c4)cccc32)cc1. The van der Waals surface area contributed by atoms with E-state index in [2.05, 4.69) is 193 Å². The van der Waals surface area contributed by atoms with E-state index in [1.165, 1.54) is 16.3 Å². The fourth-order valence-electron chi connectivity index (χ4n) is 8.72. The van der Waals surface area contributed by atoms with Crippen molar-refractivity contribution in [1.29, 1.82) is 0 Å². The van der Waals surface area contributed by atoms with Crippen molar-refractivity contribution in [1.82, 2.24) is 4.57 Å². The van der Waals surface area contributed by atoms with Crippen LogP contribution < -0.4 is 9.47 Å². The molecule has 0 radical (unpaired) electrons. The smallest absolute Gasteiger partial charge is 0.140 e. The molecular formula is C49H31NO2. The summed E-state index contributed by atoms with van der Waals surface area (Å²) in [7, 11) is 0. The van der Waals surface area contributed by atoms with E-state index in [0.717, 1.165) is 78.7 Å². The van der Waals surface area contributed by atoms with Crippen LogP contribution in [0.4, 0.5) is 0 Å². The van der Waals surface area contributed by atoms with Crippen LogP contribution in [0, 0.1) is 0 Å². The first-order valence-electron chi connectivity index (χ1n) is 17.8. The van der Waals surface area contributed by atoms with Crippen molar-refractivity contribution in [2.24, 2.45) is 0 Å². The van der Waals surface area contributed by atoms with Crippen LogP contribution in [0.5, 0.6) is 23.0 Å². The van der Waals surface area contributed by atoms with Gasteiger partial charge in [0.25, 0.3) is 0 Å². The number of fused-ring (bicyclic) bond motifs is 11. The normalized spacial score (nSPS) is 15.3. The second-order valence-corrected chi connectivity index (χ2v) is 13.6. The minimum atomic E-state index is -0.678. The second kappa shape index (κ2) is 11.1. The molecule has 2 aliphatic heterocycles. The van der Waals surface area contributed by atoms with Crippen molar-refractivity contribution in [3.8, 4) is 50.9 Å². The highest BCUT2D eigenvalue weighted by molar-refractivity contribution is 6.10. The van der Waals surface area contributed by atoms with E-state index in [0.29, 0.717) is 0 Å². The number of nitrogens with zero attached hydrogens (tertiary/aromatic N) is 1. The lowest BCUT2D eigenvalue weighted by Gasteiger charge is -2.45. The molecule has 8 aromatic carbocycles. The molecule has 0 aliphatic carbocycles. The van der Waals surface area contributed by atoms with Crippen molar-refractivity contribution in [2.75, 3.05) is 0 Å². The zero-order chi connectivity index (χ0) is 34.2. The Labute approximate surface area is 301 Å². The summed E-state index contributed by atoms with van der Waals surface area (Å²) in [6.45, 7) is 0. The summed E-state index contributed by atoms with van der Waals surface area (Å²) in [5, 5.41) is 2.45. The molecule has 244 valence electrons. The topological polar surface area (TPSA) is 23.4 Å². The lowest BCUT2D eigenvalue weighted by Crippen LogP contribution is -2.37. The molecule has 11 rings (SSSR count). The van der Waals surface area contributed by atoms with Crippen molar-refractivity contribution in [2.45, 2.75) is 5.41 Å². The van der Waals surface area contributed by atoms with Crippen LogP contribution in [0.1, 0.15) is 22.3 Å². The van der Waals surface area contributed by atoms with E-state index in [9.17, 15) is 0 Å². The minimum Gasteiger partial charge on any atom is -0.457 e. The van der Waals surface area contributed by atoms with Crippen molar-refractivity contribution in [3.05, 3.63) is 210 Å². The zero-order valence-electron chi connectivity index (χ0n) is 28.2. The summed E-state index contributed by atoms with van der Waals surface area (Å²) in [6.07, 6.45) is 0. The number of benzene rings is 8. The Bertz CT molecular complexity index is 2840. The Kier molecular flexibility index (Phi) is 6.17. The quantitative estimate of drug-likeness (QED) is 0.187. The highest BCUT2D eigenvalue weighted by Crippen LogP contribution is 2.62. The van der Waals surface area contributed by atoms with E-state index >= 15 is 0 Å². The van der Waals surface area contributed by atoms with E-state index in [1.54, 1.807) is 0 Å². The van der Waals surface area contributed by atoms with Crippen LogP contribution in [0.25, 0.3) is 49.7 Å². The third kappa shape index (κ3) is 4.02. The van der Waals surface area contributed by atoms with Crippen molar-refractivity contribution in [3.63, 3.8) is 0 Å². The molecule has 1 spiro atoms. The van der Waals surface area contributed by atoms with Crippen LogP contribution in [-0.2, 0) is 5.41 Å². The molecule has 0 amide bonds. The van der Waals surface area contributed by atoms with Gasteiger partial charge in [-0.3, -0.25) is 0 Å². The molecule has 52 heavy (non-hydrogen) atoms. The number of hydrogen-bond donors (Lipinski definition) is 0. The number of rotatable bonds is 3. The molecule has 0 bridgehead atoms. The first-order chi connectivity index (χ1) is 25.8. The van der Waals surface area contributed by atoms with Gasteiger partial charge >= 0.3 is 0 Å². The van der Waals surface area contributed by atoms with E-state index < -0.39 is 5.41 Å². The van der Waals surface area contributed by atoms with Gasteiger partial charge in [-0.15, -0.1) is 0 Å². The minimum absolute atomic E-state index is 0.678. The fraction of sp³-hybridized carbons (Fsp3) is 0.0204. The molecule has 1 atom stereocenters. The summed E-state index contributed by atoms with van der Waals surface area (Å²) in [5.74, 6) is 3.40. The molecule has 1 unspecified atom stereocenters. The Morgan fingerprint density at radius 2 is 0.981 bits per heavy atom. The summed E-state index contributed by atoms with van der Waals surface area (Å²) < 4.78 is 16.2. The molecule has 0 N–H and O–H groups in total. The van der Waals surface area contributed by atoms with Crippen LogP contribution >= 0.6 is 0 Å². The molecule has 3 heteroatoms. The largest absolute Gasteiger partial charge is 0.457 e. The monoisotopic (exact) mass is 665 g/mol. The summed E-state index contributed by atoms with van der Waals surface area (Å²) in [5.41, 5.74) is 11.6. The number of para-hydroxylation sites is 5.